The van der Waals surface area contributed by atoms with Crippen molar-refractivity contribution >= 4 is 5.91 Å². The van der Waals surface area contributed by atoms with Crippen LogP contribution in [0.2, 0.25) is 0 Å². The first-order valence-electron chi connectivity index (χ1n) is 8.08. The molecule has 0 bridgehead atoms. The van der Waals surface area contributed by atoms with Crippen LogP contribution in [0.1, 0.15) is 24.5 Å². The number of nitrogens with one attached hydrogen (secondary N) is 1. The first-order valence-corrected chi connectivity index (χ1v) is 8.08. The fourth-order valence-corrected chi connectivity index (χ4v) is 2.04. The van der Waals surface area contributed by atoms with Crippen LogP contribution in [0.15, 0.2) is 60.7 Å². The van der Waals surface area contributed by atoms with E-state index in [2.05, 4.69) is 36.5 Å². The molecule has 1 atom stereocenters. The fourth-order valence-electron chi connectivity index (χ4n) is 2.04. The minimum Gasteiger partial charge on any atom is -0.383 e. The largest absolute Gasteiger partial charge is 0.383 e. The Hall–Kier alpha value is -2.64. The van der Waals surface area contributed by atoms with E-state index < -0.39 is 12.0 Å². The number of hydrogen-bond donors (Lipinski definition) is 2. The molecule has 0 saturated heterocycles. The van der Waals surface area contributed by atoms with Crippen molar-refractivity contribution in [1.29, 1.82) is 5.26 Å². The molecule has 0 spiro atoms. The van der Waals surface area contributed by atoms with Gasteiger partial charge in [-0.15, -0.1) is 0 Å². The third kappa shape index (κ3) is 8.11. The Bertz CT molecular complexity index is 621. The second-order valence-electron chi connectivity index (χ2n) is 5.26. The van der Waals surface area contributed by atoms with Crippen molar-refractivity contribution in [3.63, 3.8) is 0 Å². The fraction of sp³-hybridized carbons (Fsp3) is 0.300. The van der Waals surface area contributed by atoms with E-state index in [1.54, 1.807) is 6.07 Å². The SMILES string of the molecule is CCc1ccccc1.N#CCNC(=O)C(O)CCc1ccccc1. The maximum atomic E-state index is 11.2. The van der Waals surface area contributed by atoms with Gasteiger partial charge in [0.15, 0.2) is 0 Å². The lowest BCUT2D eigenvalue weighted by atomic mass is 10.1. The van der Waals surface area contributed by atoms with Gasteiger partial charge < -0.3 is 10.4 Å². The molecule has 4 nitrogen and oxygen atoms in total. The topological polar surface area (TPSA) is 73.1 Å². The summed E-state index contributed by atoms with van der Waals surface area (Å²) in [6.45, 7) is 2.09. The lowest BCUT2D eigenvalue weighted by molar-refractivity contribution is -0.129. The number of nitriles is 1. The van der Waals surface area contributed by atoms with E-state index in [1.807, 2.05) is 36.4 Å². The van der Waals surface area contributed by atoms with Crippen molar-refractivity contribution in [2.75, 3.05) is 6.54 Å². The molecule has 4 heteroatoms. The minimum atomic E-state index is -1.05. The standard InChI is InChI=1S/C12H14N2O2.C8H10/c13-8-9-14-12(16)11(15)7-6-10-4-2-1-3-5-10;1-2-8-6-4-3-5-7-8/h1-5,11,15H,6-7,9H2,(H,14,16);3-7H,2H2,1H3. The Labute approximate surface area is 143 Å². The third-order valence-corrected chi connectivity index (χ3v) is 3.44. The second kappa shape index (κ2) is 11.9. The van der Waals surface area contributed by atoms with E-state index in [-0.39, 0.29) is 6.54 Å². The van der Waals surface area contributed by atoms with Crippen LogP contribution in [0.5, 0.6) is 0 Å². The highest BCUT2D eigenvalue weighted by atomic mass is 16.3. The van der Waals surface area contributed by atoms with Crippen LogP contribution in [-0.2, 0) is 17.6 Å². The average molecular weight is 324 g/mol. The summed E-state index contributed by atoms with van der Waals surface area (Å²) in [7, 11) is 0. The predicted octanol–water partition coefficient (Wildman–Crippen LogP) is 2.87. The molecule has 2 N–H and O–H groups in total. The molecule has 0 radical (unpaired) electrons. The number of aliphatic hydroxyl groups is 1. The molecule has 0 fully saturated rings. The number of amides is 1. The van der Waals surface area contributed by atoms with Gasteiger partial charge in [-0.3, -0.25) is 4.79 Å². The summed E-state index contributed by atoms with van der Waals surface area (Å²) in [4.78, 5) is 11.2. The van der Waals surface area contributed by atoms with Crippen LogP contribution < -0.4 is 5.32 Å². The van der Waals surface area contributed by atoms with Gasteiger partial charge in [0, 0.05) is 0 Å². The zero-order valence-corrected chi connectivity index (χ0v) is 14.0. The quantitative estimate of drug-likeness (QED) is 0.803. The van der Waals surface area contributed by atoms with Gasteiger partial charge in [-0.2, -0.15) is 5.26 Å². The summed E-state index contributed by atoms with van der Waals surface area (Å²) in [5, 5.41) is 20.1. The first-order chi connectivity index (χ1) is 11.7. The molecule has 24 heavy (non-hydrogen) atoms. The number of aliphatic hydroxyl groups excluding tert-OH is 1. The molecule has 0 aliphatic carbocycles. The number of hydrogen-bond acceptors (Lipinski definition) is 3. The van der Waals surface area contributed by atoms with Crippen molar-refractivity contribution in [3.05, 3.63) is 71.8 Å². The van der Waals surface area contributed by atoms with E-state index in [1.165, 1.54) is 5.56 Å². The Morgan fingerprint density at radius 2 is 1.62 bits per heavy atom. The molecule has 0 aliphatic heterocycles. The second-order valence-corrected chi connectivity index (χ2v) is 5.26. The number of carbonyl (C=O) groups excluding carboxylic acids is 1. The van der Waals surface area contributed by atoms with Crippen LogP contribution in [0.4, 0.5) is 0 Å². The molecule has 2 aromatic carbocycles. The van der Waals surface area contributed by atoms with Gasteiger partial charge in [-0.1, -0.05) is 67.6 Å². The van der Waals surface area contributed by atoms with Crippen molar-refractivity contribution in [2.24, 2.45) is 0 Å². The Kier molecular flexibility index (Phi) is 9.59. The minimum absolute atomic E-state index is 0.0682. The maximum absolute atomic E-state index is 11.2. The van der Waals surface area contributed by atoms with Crippen LogP contribution in [-0.4, -0.2) is 23.7 Å². The lowest BCUT2D eigenvalue weighted by Crippen LogP contribution is -2.34. The van der Waals surface area contributed by atoms with E-state index in [0.29, 0.717) is 12.8 Å². The molecule has 0 heterocycles. The Morgan fingerprint density at radius 1 is 1.08 bits per heavy atom. The zero-order valence-electron chi connectivity index (χ0n) is 14.0. The van der Waals surface area contributed by atoms with Crippen molar-refractivity contribution in [1.82, 2.24) is 5.32 Å². The van der Waals surface area contributed by atoms with Gasteiger partial charge in [0.25, 0.3) is 0 Å². The van der Waals surface area contributed by atoms with Crippen LogP contribution >= 0.6 is 0 Å². The van der Waals surface area contributed by atoms with Gasteiger partial charge in [-0.05, 0) is 30.4 Å². The number of aryl methyl sites for hydroxylation is 2. The summed E-state index contributed by atoms with van der Waals surface area (Å²) in [6, 6.07) is 21.9. The normalized spacial score (nSPS) is 10.7. The van der Waals surface area contributed by atoms with E-state index >= 15 is 0 Å². The third-order valence-electron chi connectivity index (χ3n) is 3.44. The highest BCUT2D eigenvalue weighted by Gasteiger charge is 2.13. The van der Waals surface area contributed by atoms with Crippen molar-refractivity contribution in [2.45, 2.75) is 32.3 Å². The Balaban J connectivity index is 0.000000300. The molecular weight excluding hydrogens is 300 g/mol. The summed E-state index contributed by atoms with van der Waals surface area (Å²) in [6.07, 6.45) is 1.10. The number of carbonyl (C=O) groups is 1. The molecule has 1 unspecified atom stereocenters. The molecule has 0 aromatic heterocycles. The van der Waals surface area contributed by atoms with Crippen molar-refractivity contribution < 1.29 is 9.90 Å². The van der Waals surface area contributed by atoms with Gasteiger partial charge in [0.2, 0.25) is 5.91 Å². The van der Waals surface area contributed by atoms with Crippen molar-refractivity contribution in [3.8, 4) is 6.07 Å². The summed E-state index contributed by atoms with van der Waals surface area (Å²) < 4.78 is 0. The number of rotatable bonds is 6. The molecule has 126 valence electrons. The first kappa shape index (κ1) is 19.4. The van der Waals surface area contributed by atoms with Gasteiger partial charge in [-0.25, -0.2) is 0 Å². The predicted molar refractivity (Wildman–Crippen MR) is 95.2 cm³/mol. The van der Waals surface area contributed by atoms with E-state index in [0.717, 1.165) is 12.0 Å². The Morgan fingerprint density at radius 3 is 2.08 bits per heavy atom. The van der Waals surface area contributed by atoms with Gasteiger partial charge in [0.05, 0.1) is 6.07 Å². The van der Waals surface area contributed by atoms with Gasteiger partial charge in [0.1, 0.15) is 12.6 Å². The zero-order chi connectivity index (χ0) is 17.6. The molecule has 2 rings (SSSR count). The lowest BCUT2D eigenvalue weighted by Gasteiger charge is -2.09. The molecular formula is C20H24N2O2. The highest BCUT2D eigenvalue weighted by molar-refractivity contribution is 5.80. The smallest absolute Gasteiger partial charge is 0.249 e. The average Bonchev–Trinajstić information content (AvgIpc) is 2.66. The van der Waals surface area contributed by atoms with E-state index in [9.17, 15) is 9.90 Å². The van der Waals surface area contributed by atoms with Crippen LogP contribution in [0, 0.1) is 11.3 Å². The number of nitrogens with zero attached hydrogens (tertiary/aromatic N) is 1. The molecule has 2 aromatic rings. The molecule has 1 amide bonds. The van der Waals surface area contributed by atoms with E-state index in [4.69, 9.17) is 5.26 Å². The molecule has 0 saturated carbocycles. The summed E-state index contributed by atoms with van der Waals surface area (Å²) >= 11 is 0. The highest BCUT2D eigenvalue weighted by Crippen LogP contribution is 2.04. The summed E-state index contributed by atoms with van der Waals surface area (Å²) in [5.74, 6) is -0.488. The van der Waals surface area contributed by atoms with Gasteiger partial charge >= 0.3 is 0 Å². The maximum Gasteiger partial charge on any atom is 0.249 e. The van der Waals surface area contributed by atoms with Crippen LogP contribution in [0.3, 0.4) is 0 Å². The van der Waals surface area contributed by atoms with Crippen LogP contribution in [0.25, 0.3) is 0 Å². The molecule has 0 aliphatic rings. The number of benzene rings is 2. The monoisotopic (exact) mass is 324 g/mol. The summed E-state index contributed by atoms with van der Waals surface area (Å²) in [5.41, 5.74) is 2.49.